The number of carbonyl (C=O) groups excluding carboxylic acids is 2. The molecule has 16 heavy (non-hydrogen) atoms. The van der Waals surface area contributed by atoms with Crippen molar-refractivity contribution < 1.29 is 24.0 Å². The van der Waals surface area contributed by atoms with Gasteiger partial charge in [-0.1, -0.05) is 6.07 Å². The molecule has 1 heterocycles. The standard InChI is InChI=1S/C9H8BNO5/c11-9(13)16-8(12)5-1-2-6-4-15-10(14)7(6)3-5/h1-3,14H,4H2,(H2,11,13). The molecule has 3 N–H and O–H groups in total. The minimum Gasteiger partial charge on any atom is -0.423 e. The van der Waals surface area contributed by atoms with Gasteiger partial charge in [0.2, 0.25) is 0 Å². The van der Waals surface area contributed by atoms with Gasteiger partial charge in [-0.3, -0.25) is 0 Å². The fourth-order valence-corrected chi connectivity index (χ4v) is 1.49. The largest absolute Gasteiger partial charge is 0.491 e. The quantitative estimate of drug-likeness (QED) is 0.365. The Morgan fingerprint density at radius 1 is 1.50 bits per heavy atom. The van der Waals surface area contributed by atoms with Crippen LogP contribution in [0.3, 0.4) is 0 Å². The first kappa shape index (κ1) is 10.7. The van der Waals surface area contributed by atoms with Gasteiger partial charge in [-0.2, -0.15) is 0 Å². The first-order valence-electron chi connectivity index (χ1n) is 4.52. The Hall–Kier alpha value is -1.86. The number of esters is 1. The summed E-state index contributed by atoms with van der Waals surface area (Å²) in [4.78, 5) is 21.7. The second-order valence-electron chi connectivity index (χ2n) is 3.29. The number of fused-ring (bicyclic) bond motifs is 1. The van der Waals surface area contributed by atoms with Crippen LogP contribution in [0.2, 0.25) is 0 Å². The number of nitrogens with two attached hydrogens (primary N) is 1. The molecule has 0 saturated carbocycles. The molecule has 0 saturated heterocycles. The van der Waals surface area contributed by atoms with E-state index >= 15 is 0 Å². The molecule has 0 aromatic heterocycles. The van der Waals surface area contributed by atoms with E-state index in [4.69, 9.17) is 10.4 Å². The van der Waals surface area contributed by atoms with E-state index < -0.39 is 19.2 Å². The number of carbonyl (C=O) groups is 2. The van der Waals surface area contributed by atoms with Crippen LogP contribution in [0.1, 0.15) is 15.9 Å². The highest BCUT2D eigenvalue weighted by molar-refractivity contribution is 6.61. The second-order valence-corrected chi connectivity index (χ2v) is 3.29. The molecule has 0 radical (unpaired) electrons. The van der Waals surface area contributed by atoms with Crippen molar-refractivity contribution in [3.8, 4) is 0 Å². The summed E-state index contributed by atoms with van der Waals surface area (Å²) in [6.45, 7) is 0.293. The zero-order valence-electron chi connectivity index (χ0n) is 8.17. The Balaban J connectivity index is 2.27. The smallest absolute Gasteiger partial charge is 0.423 e. The summed E-state index contributed by atoms with van der Waals surface area (Å²) in [5.74, 6) is -0.852. The molecule has 6 nitrogen and oxygen atoms in total. The lowest BCUT2D eigenvalue weighted by Gasteiger charge is -2.02. The average molecular weight is 221 g/mol. The van der Waals surface area contributed by atoms with Gasteiger partial charge in [0, 0.05) is 0 Å². The molecule has 0 spiro atoms. The molecule has 1 aliphatic rings. The van der Waals surface area contributed by atoms with Crippen LogP contribution in [0.4, 0.5) is 4.79 Å². The van der Waals surface area contributed by atoms with Crippen molar-refractivity contribution in [3.63, 3.8) is 0 Å². The van der Waals surface area contributed by atoms with Crippen molar-refractivity contribution in [3.05, 3.63) is 29.3 Å². The van der Waals surface area contributed by atoms with Gasteiger partial charge in [0.15, 0.2) is 0 Å². The SMILES string of the molecule is NC(=O)OC(=O)c1ccc2c(c1)B(O)OC2. The van der Waals surface area contributed by atoms with Crippen LogP contribution < -0.4 is 11.2 Å². The summed E-state index contributed by atoms with van der Waals surface area (Å²) in [6, 6.07) is 4.52. The van der Waals surface area contributed by atoms with E-state index in [1.807, 2.05) is 0 Å². The van der Waals surface area contributed by atoms with Crippen molar-refractivity contribution in [1.82, 2.24) is 0 Å². The third-order valence-corrected chi connectivity index (χ3v) is 2.24. The van der Waals surface area contributed by atoms with E-state index in [1.165, 1.54) is 12.1 Å². The van der Waals surface area contributed by atoms with Crippen molar-refractivity contribution in [2.45, 2.75) is 6.61 Å². The molecule has 1 aromatic carbocycles. The van der Waals surface area contributed by atoms with Crippen LogP contribution in [-0.4, -0.2) is 24.2 Å². The van der Waals surface area contributed by atoms with Crippen molar-refractivity contribution in [1.29, 1.82) is 0 Å². The molecule has 0 bridgehead atoms. The molecule has 0 atom stereocenters. The highest BCUT2D eigenvalue weighted by Gasteiger charge is 2.28. The molecule has 7 heteroatoms. The van der Waals surface area contributed by atoms with Crippen LogP contribution >= 0.6 is 0 Å². The van der Waals surface area contributed by atoms with Gasteiger partial charge in [0.1, 0.15) is 0 Å². The summed E-state index contributed by atoms with van der Waals surface area (Å²) in [5, 5.41) is 9.40. The van der Waals surface area contributed by atoms with Gasteiger partial charge in [-0.15, -0.1) is 0 Å². The van der Waals surface area contributed by atoms with E-state index in [1.54, 1.807) is 6.07 Å². The molecule has 1 aliphatic heterocycles. The Morgan fingerprint density at radius 2 is 2.25 bits per heavy atom. The Bertz CT molecular complexity index is 461. The summed E-state index contributed by atoms with van der Waals surface area (Å²) < 4.78 is 9.16. The molecule has 2 rings (SSSR count). The topological polar surface area (TPSA) is 98.9 Å². The minimum absolute atomic E-state index is 0.141. The average Bonchev–Trinajstić information content (AvgIpc) is 2.59. The predicted octanol–water partition coefficient (Wildman–Crippen LogP) is -0.860. The highest BCUT2D eigenvalue weighted by Crippen LogP contribution is 2.12. The molecule has 1 aromatic rings. The van der Waals surface area contributed by atoms with Gasteiger partial charge in [-0.05, 0) is 23.2 Å². The number of rotatable bonds is 1. The lowest BCUT2D eigenvalue weighted by atomic mass is 9.79. The normalized spacial score (nSPS) is 13.4. The molecule has 0 fully saturated rings. The Kier molecular flexibility index (Phi) is 2.63. The minimum atomic E-state index is -1.16. The first-order chi connectivity index (χ1) is 7.58. The zero-order valence-corrected chi connectivity index (χ0v) is 8.17. The fourth-order valence-electron chi connectivity index (χ4n) is 1.49. The maximum atomic E-state index is 11.3. The number of benzene rings is 1. The third-order valence-electron chi connectivity index (χ3n) is 2.24. The molecular weight excluding hydrogens is 213 g/mol. The van der Waals surface area contributed by atoms with Gasteiger partial charge in [0.25, 0.3) is 0 Å². The molecule has 82 valence electrons. The van der Waals surface area contributed by atoms with Crippen LogP contribution in [0.5, 0.6) is 0 Å². The van der Waals surface area contributed by atoms with Crippen LogP contribution in [0, 0.1) is 0 Å². The number of hydrogen-bond donors (Lipinski definition) is 2. The van der Waals surface area contributed by atoms with E-state index in [9.17, 15) is 14.6 Å². The van der Waals surface area contributed by atoms with E-state index in [0.29, 0.717) is 12.1 Å². The maximum absolute atomic E-state index is 11.3. The highest BCUT2D eigenvalue weighted by atomic mass is 16.6. The van der Waals surface area contributed by atoms with Gasteiger partial charge in [-0.25, -0.2) is 9.59 Å². The molecule has 0 unspecified atom stereocenters. The third kappa shape index (κ3) is 1.90. The first-order valence-corrected chi connectivity index (χ1v) is 4.52. The van der Waals surface area contributed by atoms with Crippen LogP contribution in [-0.2, 0) is 16.0 Å². The predicted molar refractivity (Wildman–Crippen MR) is 53.8 cm³/mol. The zero-order chi connectivity index (χ0) is 11.7. The Morgan fingerprint density at radius 3 is 2.94 bits per heavy atom. The lowest BCUT2D eigenvalue weighted by molar-refractivity contribution is 0.0638. The summed E-state index contributed by atoms with van der Waals surface area (Å²) in [5.41, 5.74) is 6.15. The number of ether oxygens (including phenoxy) is 1. The van der Waals surface area contributed by atoms with Gasteiger partial charge in [0.05, 0.1) is 12.2 Å². The van der Waals surface area contributed by atoms with Crippen LogP contribution in [0.15, 0.2) is 18.2 Å². The summed E-state index contributed by atoms with van der Waals surface area (Å²) in [7, 11) is -1.05. The van der Waals surface area contributed by atoms with Crippen LogP contribution in [0.25, 0.3) is 0 Å². The summed E-state index contributed by atoms with van der Waals surface area (Å²) >= 11 is 0. The Labute approximate surface area is 91.1 Å². The van der Waals surface area contributed by atoms with Crippen molar-refractivity contribution in [2.75, 3.05) is 0 Å². The van der Waals surface area contributed by atoms with E-state index in [0.717, 1.165) is 5.56 Å². The lowest BCUT2D eigenvalue weighted by Crippen LogP contribution is -2.29. The molecule has 1 amide bonds. The van der Waals surface area contributed by atoms with Crippen molar-refractivity contribution >= 4 is 24.6 Å². The monoisotopic (exact) mass is 221 g/mol. The summed E-state index contributed by atoms with van der Waals surface area (Å²) in [6.07, 6.45) is -1.16. The molecular formula is C9H8BNO5. The fraction of sp³-hybridized carbons (Fsp3) is 0.111. The van der Waals surface area contributed by atoms with E-state index in [2.05, 4.69) is 4.74 Å². The van der Waals surface area contributed by atoms with E-state index in [-0.39, 0.29) is 5.56 Å². The number of hydrogen-bond acceptors (Lipinski definition) is 5. The number of primary amides is 1. The van der Waals surface area contributed by atoms with Gasteiger partial charge < -0.3 is 20.1 Å². The number of amides is 1. The van der Waals surface area contributed by atoms with Gasteiger partial charge >= 0.3 is 19.2 Å². The van der Waals surface area contributed by atoms with Crippen molar-refractivity contribution in [2.24, 2.45) is 5.73 Å². The maximum Gasteiger partial charge on any atom is 0.491 e. The second kappa shape index (κ2) is 3.95. The molecule has 0 aliphatic carbocycles.